The first kappa shape index (κ1) is 17.4. The maximum Gasteiger partial charge on any atom is 0.280 e. The van der Waals surface area contributed by atoms with E-state index in [0.29, 0.717) is 22.5 Å². The largest absolute Gasteiger partial charge is 0.378 e. The van der Waals surface area contributed by atoms with Gasteiger partial charge in [-0.1, -0.05) is 48.5 Å². The van der Waals surface area contributed by atoms with E-state index >= 15 is 0 Å². The van der Waals surface area contributed by atoms with E-state index in [4.69, 9.17) is 0 Å². The van der Waals surface area contributed by atoms with Crippen LogP contribution in [0.4, 0.5) is 0 Å². The van der Waals surface area contributed by atoms with Gasteiger partial charge < -0.3 is 5.11 Å². The molecule has 3 N–H and O–H groups in total. The zero-order chi connectivity index (χ0) is 18.5. The van der Waals surface area contributed by atoms with Crippen molar-refractivity contribution in [3.05, 3.63) is 87.8 Å². The molecule has 0 bridgehead atoms. The highest BCUT2D eigenvalue weighted by Gasteiger charge is 2.16. The van der Waals surface area contributed by atoms with Gasteiger partial charge in [-0.25, -0.2) is 10.1 Å². The van der Waals surface area contributed by atoms with Crippen LogP contribution in [0.3, 0.4) is 0 Å². The fourth-order valence-electron chi connectivity index (χ4n) is 2.48. The van der Waals surface area contributed by atoms with Crippen molar-refractivity contribution in [2.75, 3.05) is 0 Å². The molecule has 1 heterocycles. The second-order valence-electron chi connectivity index (χ2n) is 5.67. The van der Waals surface area contributed by atoms with E-state index in [9.17, 15) is 14.7 Å². The van der Waals surface area contributed by atoms with Gasteiger partial charge in [0.1, 0.15) is 0 Å². The Morgan fingerprint density at radius 2 is 1.77 bits per heavy atom. The van der Waals surface area contributed by atoms with E-state index in [2.05, 4.69) is 15.6 Å². The molecule has 0 aliphatic heterocycles. The van der Waals surface area contributed by atoms with Gasteiger partial charge in [0.2, 0.25) is 0 Å². The molecule has 26 heavy (non-hydrogen) atoms. The van der Waals surface area contributed by atoms with Gasteiger partial charge in [0.05, 0.1) is 17.5 Å². The SMILES string of the molecule is Cc1[nH]n(-c2ccccc2)c(=O)c1C=NNC(=O)C(O)c1ccccc1. The molecule has 0 spiro atoms. The minimum Gasteiger partial charge on any atom is -0.378 e. The van der Waals surface area contributed by atoms with E-state index in [0.717, 1.165) is 0 Å². The molecular weight excluding hydrogens is 332 g/mol. The summed E-state index contributed by atoms with van der Waals surface area (Å²) in [5.74, 6) is -0.677. The Balaban J connectivity index is 1.74. The van der Waals surface area contributed by atoms with Gasteiger partial charge in [0.15, 0.2) is 6.10 Å². The van der Waals surface area contributed by atoms with Crippen LogP contribution in [0.1, 0.15) is 22.9 Å². The number of para-hydroxylation sites is 1. The topological polar surface area (TPSA) is 99.5 Å². The van der Waals surface area contributed by atoms with Crippen molar-refractivity contribution in [1.29, 1.82) is 0 Å². The van der Waals surface area contributed by atoms with E-state index < -0.39 is 12.0 Å². The maximum atomic E-state index is 12.5. The lowest BCUT2D eigenvalue weighted by Crippen LogP contribution is -2.25. The summed E-state index contributed by atoms with van der Waals surface area (Å²) in [5.41, 5.74) is 4.06. The van der Waals surface area contributed by atoms with Crippen molar-refractivity contribution in [1.82, 2.24) is 15.2 Å². The first-order valence-electron chi connectivity index (χ1n) is 8.01. The Morgan fingerprint density at radius 3 is 2.42 bits per heavy atom. The van der Waals surface area contributed by atoms with Crippen molar-refractivity contribution >= 4 is 12.1 Å². The van der Waals surface area contributed by atoms with Gasteiger partial charge in [0.25, 0.3) is 11.5 Å². The predicted molar refractivity (Wildman–Crippen MR) is 98.3 cm³/mol. The molecule has 1 aromatic heterocycles. The number of hydrogen-bond donors (Lipinski definition) is 3. The number of nitrogens with one attached hydrogen (secondary N) is 2. The van der Waals surface area contributed by atoms with Crippen molar-refractivity contribution in [3.63, 3.8) is 0 Å². The Morgan fingerprint density at radius 1 is 1.15 bits per heavy atom. The highest BCUT2D eigenvalue weighted by atomic mass is 16.3. The number of carbonyl (C=O) groups excluding carboxylic acids is 1. The number of benzene rings is 2. The average molecular weight is 350 g/mol. The number of hydrazone groups is 1. The number of carbonyl (C=O) groups is 1. The quantitative estimate of drug-likeness (QED) is 0.482. The number of rotatable bonds is 5. The lowest BCUT2D eigenvalue weighted by Gasteiger charge is -2.08. The molecule has 1 unspecified atom stereocenters. The van der Waals surface area contributed by atoms with Crippen molar-refractivity contribution in [3.8, 4) is 5.69 Å². The maximum absolute atomic E-state index is 12.5. The van der Waals surface area contributed by atoms with Crippen LogP contribution < -0.4 is 11.0 Å². The minimum absolute atomic E-state index is 0.282. The summed E-state index contributed by atoms with van der Waals surface area (Å²) in [6.07, 6.45) is -0.0647. The molecule has 0 aliphatic rings. The number of aliphatic hydroxyl groups is 1. The molecule has 1 atom stereocenters. The number of aliphatic hydroxyl groups excluding tert-OH is 1. The summed E-state index contributed by atoms with van der Waals surface area (Å²) in [4.78, 5) is 24.5. The highest BCUT2D eigenvalue weighted by Crippen LogP contribution is 2.11. The fourth-order valence-corrected chi connectivity index (χ4v) is 2.48. The first-order valence-corrected chi connectivity index (χ1v) is 8.01. The second kappa shape index (κ2) is 7.62. The summed E-state index contributed by atoms with van der Waals surface area (Å²) in [6, 6.07) is 17.7. The molecule has 0 radical (unpaired) electrons. The molecular formula is C19H18N4O3. The van der Waals surface area contributed by atoms with Gasteiger partial charge in [0, 0.05) is 5.69 Å². The Kier molecular flexibility index (Phi) is 5.09. The third-order valence-electron chi connectivity index (χ3n) is 3.86. The predicted octanol–water partition coefficient (Wildman–Crippen LogP) is 1.66. The van der Waals surface area contributed by atoms with E-state index in [1.807, 2.05) is 18.2 Å². The summed E-state index contributed by atoms with van der Waals surface area (Å²) < 4.78 is 1.40. The molecule has 132 valence electrons. The van der Waals surface area contributed by atoms with Gasteiger partial charge in [-0.05, 0) is 24.6 Å². The molecule has 0 aliphatic carbocycles. The van der Waals surface area contributed by atoms with Crippen LogP contribution in [-0.2, 0) is 4.79 Å². The number of H-pyrrole nitrogens is 1. The monoisotopic (exact) mass is 350 g/mol. The van der Waals surface area contributed by atoms with Crippen LogP contribution in [0.5, 0.6) is 0 Å². The number of hydrogen-bond acceptors (Lipinski definition) is 4. The van der Waals surface area contributed by atoms with Crippen LogP contribution in [0, 0.1) is 6.92 Å². The summed E-state index contributed by atoms with van der Waals surface area (Å²) in [6.45, 7) is 1.74. The number of aryl methyl sites for hydroxylation is 1. The van der Waals surface area contributed by atoms with Crippen LogP contribution in [0.15, 0.2) is 70.6 Å². The van der Waals surface area contributed by atoms with Crippen molar-refractivity contribution in [2.24, 2.45) is 5.10 Å². The van der Waals surface area contributed by atoms with Gasteiger partial charge in [-0.2, -0.15) is 5.10 Å². The smallest absolute Gasteiger partial charge is 0.280 e. The fraction of sp³-hybridized carbons (Fsp3) is 0.105. The zero-order valence-electron chi connectivity index (χ0n) is 14.1. The molecule has 7 heteroatoms. The number of aromatic amines is 1. The van der Waals surface area contributed by atoms with Gasteiger partial charge >= 0.3 is 0 Å². The van der Waals surface area contributed by atoms with Crippen LogP contribution in [0.2, 0.25) is 0 Å². The third kappa shape index (κ3) is 3.62. The molecule has 0 fully saturated rings. The zero-order valence-corrected chi connectivity index (χ0v) is 14.1. The van der Waals surface area contributed by atoms with E-state index in [1.165, 1.54) is 10.9 Å². The Labute approximate surface area is 149 Å². The third-order valence-corrected chi connectivity index (χ3v) is 3.86. The number of aromatic nitrogens is 2. The molecule has 2 aromatic carbocycles. The van der Waals surface area contributed by atoms with Crippen LogP contribution in [0.25, 0.3) is 5.69 Å². The van der Waals surface area contributed by atoms with Gasteiger partial charge in [-0.3, -0.25) is 14.7 Å². The molecule has 0 saturated carbocycles. The number of amides is 1. The minimum atomic E-state index is -1.33. The van der Waals surface area contributed by atoms with Crippen molar-refractivity contribution < 1.29 is 9.90 Å². The summed E-state index contributed by atoms with van der Waals surface area (Å²) >= 11 is 0. The molecule has 1 amide bonds. The molecule has 7 nitrogen and oxygen atoms in total. The normalized spacial score (nSPS) is 12.2. The average Bonchev–Trinajstić information content (AvgIpc) is 2.97. The van der Waals surface area contributed by atoms with Crippen LogP contribution in [-0.4, -0.2) is 27.0 Å². The molecule has 3 aromatic rings. The second-order valence-corrected chi connectivity index (χ2v) is 5.67. The summed E-state index contributed by atoms with van der Waals surface area (Å²) in [5, 5.41) is 16.8. The lowest BCUT2D eigenvalue weighted by molar-refractivity contribution is -0.129. The van der Waals surface area contributed by atoms with Crippen LogP contribution >= 0.6 is 0 Å². The van der Waals surface area contributed by atoms with Gasteiger partial charge in [-0.15, -0.1) is 0 Å². The van der Waals surface area contributed by atoms with E-state index in [-0.39, 0.29) is 5.56 Å². The number of nitrogens with zero attached hydrogens (tertiary/aromatic N) is 2. The molecule has 0 saturated heterocycles. The molecule has 3 rings (SSSR count). The summed E-state index contributed by atoms with van der Waals surface area (Å²) in [7, 11) is 0. The lowest BCUT2D eigenvalue weighted by atomic mass is 10.1. The van der Waals surface area contributed by atoms with Crippen molar-refractivity contribution in [2.45, 2.75) is 13.0 Å². The highest BCUT2D eigenvalue weighted by molar-refractivity contribution is 5.85. The first-order chi connectivity index (χ1) is 12.6. The Bertz CT molecular complexity index is 975. The Hall–Kier alpha value is -3.45. The van der Waals surface area contributed by atoms with E-state index in [1.54, 1.807) is 49.4 Å². The standard InChI is InChI=1S/C19H18N4O3/c1-13-16(19(26)23(22-13)15-10-6-3-7-11-15)12-20-21-18(25)17(24)14-8-4-2-5-9-14/h2-12,17,22,24H,1H3,(H,21,25).